The van der Waals surface area contributed by atoms with Gasteiger partial charge in [0.1, 0.15) is 17.4 Å². The molecule has 1 atom stereocenters. The molecule has 28 heavy (non-hydrogen) atoms. The molecule has 0 unspecified atom stereocenters. The van der Waals surface area contributed by atoms with Crippen LogP contribution < -0.4 is 15.7 Å². The minimum absolute atomic E-state index is 0.250. The zero-order valence-corrected chi connectivity index (χ0v) is 16.7. The number of carboxylic acids is 1. The third-order valence-corrected chi connectivity index (χ3v) is 4.60. The first-order chi connectivity index (χ1) is 13.2. The lowest BCUT2D eigenvalue weighted by Crippen LogP contribution is -2.46. The second kappa shape index (κ2) is 9.39. The average molecular weight is 389 g/mol. The van der Waals surface area contributed by atoms with E-state index in [-0.39, 0.29) is 12.5 Å². The molecule has 0 fully saturated rings. The van der Waals surface area contributed by atoms with Gasteiger partial charge in [-0.15, -0.1) is 0 Å². The lowest BCUT2D eigenvalue weighted by molar-refractivity contribution is -0.143. The Labute approximate surface area is 163 Å². The van der Waals surface area contributed by atoms with Gasteiger partial charge in [-0.2, -0.15) is 0 Å². The summed E-state index contributed by atoms with van der Waals surface area (Å²) in [5.41, 5.74) is 1.58. The van der Waals surface area contributed by atoms with E-state index in [1.165, 1.54) is 6.07 Å². The number of ether oxygens (including phenoxy) is 1. The largest absolute Gasteiger partial charge is 0.483 e. The van der Waals surface area contributed by atoms with Crippen molar-refractivity contribution in [3.05, 3.63) is 39.7 Å². The Morgan fingerprint density at radius 1 is 1.29 bits per heavy atom. The Bertz CT molecular complexity index is 915. The summed E-state index contributed by atoms with van der Waals surface area (Å²) in [7, 11) is 0. The number of carboxylic acid groups (broad SMARTS) is 1. The number of fused-ring (bicyclic) bond motifs is 1. The molecular weight excluding hydrogens is 362 g/mol. The second-order valence-electron chi connectivity index (χ2n) is 7.18. The van der Waals surface area contributed by atoms with Crippen LogP contribution in [0.4, 0.5) is 0 Å². The van der Waals surface area contributed by atoms with Gasteiger partial charge in [-0.25, -0.2) is 9.59 Å². The van der Waals surface area contributed by atoms with Crippen molar-refractivity contribution in [1.29, 1.82) is 0 Å². The number of benzene rings is 1. The number of hydrogen-bond donors (Lipinski definition) is 2. The quantitative estimate of drug-likeness (QED) is 0.639. The van der Waals surface area contributed by atoms with Crippen molar-refractivity contribution in [2.24, 2.45) is 5.92 Å². The van der Waals surface area contributed by atoms with Crippen LogP contribution in [0.5, 0.6) is 5.75 Å². The first kappa shape index (κ1) is 21.5. The summed E-state index contributed by atoms with van der Waals surface area (Å²) in [4.78, 5) is 35.2. The maximum atomic E-state index is 12.1. The van der Waals surface area contributed by atoms with Crippen LogP contribution in [0.2, 0.25) is 0 Å². The summed E-state index contributed by atoms with van der Waals surface area (Å²) in [5.74, 6) is -1.46. The smallest absolute Gasteiger partial charge is 0.336 e. The summed E-state index contributed by atoms with van der Waals surface area (Å²) in [6.07, 6.45) is 2.77. The molecule has 1 amide bonds. The highest BCUT2D eigenvalue weighted by molar-refractivity contribution is 5.86. The number of carbonyl (C=O) groups is 2. The number of unbranched alkanes of at least 4 members (excludes halogenated alkanes) is 1. The van der Waals surface area contributed by atoms with Gasteiger partial charge in [0.05, 0.1) is 0 Å². The van der Waals surface area contributed by atoms with Crippen LogP contribution in [0.25, 0.3) is 11.0 Å². The van der Waals surface area contributed by atoms with E-state index in [0.29, 0.717) is 16.9 Å². The third kappa shape index (κ3) is 5.12. The molecule has 0 saturated carbocycles. The fourth-order valence-electron chi connectivity index (χ4n) is 3.01. The Balaban J connectivity index is 2.20. The second-order valence-corrected chi connectivity index (χ2v) is 7.18. The van der Waals surface area contributed by atoms with Gasteiger partial charge in [-0.1, -0.05) is 27.2 Å². The molecule has 1 heterocycles. The fraction of sp³-hybridized carbons (Fsp3) is 0.476. The van der Waals surface area contributed by atoms with E-state index in [4.69, 9.17) is 14.3 Å². The van der Waals surface area contributed by atoms with Crippen molar-refractivity contribution < 1.29 is 23.8 Å². The normalized spacial score (nSPS) is 12.2. The molecule has 1 aromatic heterocycles. The Hall–Kier alpha value is -2.83. The van der Waals surface area contributed by atoms with Gasteiger partial charge < -0.3 is 19.6 Å². The van der Waals surface area contributed by atoms with Crippen molar-refractivity contribution in [3.63, 3.8) is 0 Å². The molecule has 2 rings (SSSR count). The van der Waals surface area contributed by atoms with E-state index in [1.54, 1.807) is 26.8 Å². The van der Waals surface area contributed by atoms with Gasteiger partial charge in [0.15, 0.2) is 6.61 Å². The van der Waals surface area contributed by atoms with Crippen LogP contribution in [0.3, 0.4) is 0 Å². The molecule has 0 aliphatic rings. The Morgan fingerprint density at radius 2 is 2.00 bits per heavy atom. The zero-order valence-electron chi connectivity index (χ0n) is 16.7. The molecule has 0 radical (unpaired) electrons. The highest BCUT2D eigenvalue weighted by atomic mass is 16.5. The van der Waals surface area contributed by atoms with Crippen molar-refractivity contribution in [3.8, 4) is 5.75 Å². The maximum absolute atomic E-state index is 12.1. The van der Waals surface area contributed by atoms with Crippen molar-refractivity contribution >= 4 is 22.8 Å². The standard InChI is InChI=1S/C21H27NO6/c1-5-6-7-14-10-18(24)28-20-13(4)16(9-8-15(14)20)27-11-17(23)22-19(12(2)3)21(25)26/h8-10,12,19H,5-7,11H2,1-4H3,(H,22,23)(H,25,26)/t19-/m0/s1. The highest BCUT2D eigenvalue weighted by Crippen LogP contribution is 2.29. The summed E-state index contributed by atoms with van der Waals surface area (Å²) >= 11 is 0. The molecule has 7 heteroatoms. The predicted molar refractivity (Wildman–Crippen MR) is 106 cm³/mol. The molecule has 2 N–H and O–H groups in total. The maximum Gasteiger partial charge on any atom is 0.336 e. The van der Waals surface area contributed by atoms with Crippen LogP contribution in [-0.4, -0.2) is 29.6 Å². The molecule has 0 saturated heterocycles. The molecule has 0 spiro atoms. The van der Waals surface area contributed by atoms with Gasteiger partial charge in [-0.05, 0) is 43.4 Å². The van der Waals surface area contributed by atoms with Crippen LogP contribution in [0.1, 0.15) is 44.7 Å². The van der Waals surface area contributed by atoms with Crippen LogP contribution in [0, 0.1) is 12.8 Å². The highest BCUT2D eigenvalue weighted by Gasteiger charge is 2.23. The van der Waals surface area contributed by atoms with E-state index in [0.717, 1.165) is 30.2 Å². The number of amides is 1. The summed E-state index contributed by atoms with van der Waals surface area (Å²) in [6, 6.07) is 4.09. The van der Waals surface area contributed by atoms with Gasteiger partial charge in [0.2, 0.25) is 0 Å². The SMILES string of the molecule is CCCCc1cc(=O)oc2c(C)c(OCC(=O)N[C@H](C(=O)O)C(C)C)ccc12. The number of carbonyl (C=O) groups excluding carboxylic acids is 1. The predicted octanol–water partition coefficient (Wildman–Crippen LogP) is 3.05. The van der Waals surface area contributed by atoms with E-state index in [9.17, 15) is 14.4 Å². The van der Waals surface area contributed by atoms with Crippen molar-refractivity contribution in [1.82, 2.24) is 5.32 Å². The van der Waals surface area contributed by atoms with Gasteiger partial charge in [0.25, 0.3) is 5.91 Å². The average Bonchev–Trinajstić information content (AvgIpc) is 2.63. The molecule has 1 aromatic carbocycles. The van der Waals surface area contributed by atoms with E-state index < -0.39 is 23.5 Å². The molecule has 2 aromatic rings. The number of hydrogen-bond acceptors (Lipinski definition) is 5. The van der Waals surface area contributed by atoms with Crippen LogP contribution >= 0.6 is 0 Å². The number of aryl methyl sites for hydroxylation is 2. The van der Waals surface area contributed by atoms with Gasteiger partial charge >= 0.3 is 11.6 Å². The van der Waals surface area contributed by atoms with Gasteiger partial charge in [-0.3, -0.25) is 4.79 Å². The first-order valence-electron chi connectivity index (χ1n) is 9.45. The minimum Gasteiger partial charge on any atom is -0.483 e. The van der Waals surface area contributed by atoms with E-state index in [2.05, 4.69) is 12.2 Å². The lowest BCUT2D eigenvalue weighted by Gasteiger charge is -2.18. The van der Waals surface area contributed by atoms with E-state index in [1.807, 2.05) is 6.07 Å². The summed E-state index contributed by atoms with van der Waals surface area (Å²) in [6.45, 7) is 6.94. The third-order valence-electron chi connectivity index (χ3n) is 4.60. The minimum atomic E-state index is -1.09. The van der Waals surface area contributed by atoms with Crippen molar-refractivity contribution in [2.75, 3.05) is 6.61 Å². The fourth-order valence-corrected chi connectivity index (χ4v) is 3.01. The molecule has 0 bridgehead atoms. The number of aliphatic carboxylic acids is 1. The lowest BCUT2D eigenvalue weighted by atomic mass is 10.0. The first-order valence-corrected chi connectivity index (χ1v) is 9.45. The summed E-state index contributed by atoms with van der Waals surface area (Å²) in [5, 5.41) is 12.5. The monoisotopic (exact) mass is 389 g/mol. The summed E-state index contributed by atoms with van der Waals surface area (Å²) < 4.78 is 10.9. The topological polar surface area (TPSA) is 106 Å². The Morgan fingerprint density at radius 3 is 2.61 bits per heavy atom. The number of nitrogens with one attached hydrogen (secondary N) is 1. The van der Waals surface area contributed by atoms with Gasteiger partial charge in [0, 0.05) is 17.0 Å². The molecule has 7 nitrogen and oxygen atoms in total. The van der Waals surface area contributed by atoms with E-state index >= 15 is 0 Å². The molecule has 0 aliphatic carbocycles. The number of rotatable bonds is 9. The van der Waals surface area contributed by atoms with Crippen LogP contribution in [0.15, 0.2) is 27.4 Å². The Kier molecular flexibility index (Phi) is 7.20. The molecule has 0 aliphatic heterocycles. The van der Waals surface area contributed by atoms with Crippen molar-refractivity contribution in [2.45, 2.75) is 53.0 Å². The zero-order chi connectivity index (χ0) is 20.8. The van der Waals surface area contributed by atoms with Crippen LogP contribution in [-0.2, 0) is 16.0 Å². The molecule has 152 valence electrons. The molecular formula is C21H27NO6.